The average Bonchev–Trinajstić information content (AvgIpc) is 2.49. The number of aryl methyl sites for hydroxylation is 1. The molecule has 3 unspecified atom stereocenters. The molecular weight excluding hydrogens is 248 g/mol. The Morgan fingerprint density at radius 1 is 1.40 bits per heavy atom. The largest absolute Gasteiger partial charge is 0.383 e. The number of hydrogen-bond acceptors (Lipinski definition) is 3. The Morgan fingerprint density at radius 2 is 2.15 bits per heavy atom. The lowest BCUT2D eigenvalue weighted by Gasteiger charge is -2.42. The van der Waals surface area contributed by atoms with Crippen molar-refractivity contribution in [2.75, 3.05) is 20.3 Å². The molecule has 0 spiro atoms. The van der Waals surface area contributed by atoms with E-state index >= 15 is 0 Å². The van der Waals surface area contributed by atoms with Crippen molar-refractivity contribution < 1.29 is 4.74 Å². The fraction of sp³-hybridized carbons (Fsp3) is 0.647. The number of hydrogen-bond donors (Lipinski definition) is 1. The Kier molecular flexibility index (Phi) is 5.58. The van der Waals surface area contributed by atoms with E-state index in [2.05, 4.69) is 43.0 Å². The van der Waals surface area contributed by atoms with Gasteiger partial charge >= 0.3 is 0 Å². The van der Waals surface area contributed by atoms with Crippen LogP contribution in [0, 0.1) is 0 Å². The van der Waals surface area contributed by atoms with Crippen LogP contribution in [-0.4, -0.2) is 37.2 Å². The van der Waals surface area contributed by atoms with Crippen molar-refractivity contribution in [3.05, 3.63) is 35.4 Å². The Labute approximate surface area is 123 Å². The number of benzene rings is 1. The van der Waals surface area contributed by atoms with Gasteiger partial charge in [-0.1, -0.05) is 31.2 Å². The maximum Gasteiger partial charge on any atom is 0.0589 e. The Hall–Kier alpha value is -0.900. The van der Waals surface area contributed by atoms with E-state index in [4.69, 9.17) is 10.5 Å². The van der Waals surface area contributed by atoms with E-state index in [-0.39, 0.29) is 6.04 Å². The third-order valence-corrected chi connectivity index (χ3v) is 4.67. The zero-order valence-corrected chi connectivity index (χ0v) is 13.0. The van der Waals surface area contributed by atoms with Crippen molar-refractivity contribution in [2.24, 2.45) is 5.73 Å². The molecule has 1 aliphatic carbocycles. The predicted molar refractivity (Wildman–Crippen MR) is 83.8 cm³/mol. The van der Waals surface area contributed by atoms with Gasteiger partial charge in [0.05, 0.1) is 6.61 Å². The lowest BCUT2D eigenvalue weighted by molar-refractivity contribution is 0.0694. The Morgan fingerprint density at radius 3 is 2.85 bits per heavy atom. The Bertz CT molecular complexity index is 421. The number of nitrogens with zero attached hydrogens (tertiary/aromatic N) is 1. The van der Waals surface area contributed by atoms with Crippen LogP contribution in [0.15, 0.2) is 24.3 Å². The van der Waals surface area contributed by atoms with E-state index in [1.54, 1.807) is 7.11 Å². The molecular formula is C17H28N2O. The summed E-state index contributed by atoms with van der Waals surface area (Å²) in [5.74, 6) is 0. The smallest absolute Gasteiger partial charge is 0.0589 e. The number of fused-ring (bicyclic) bond motifs is 1. The highest BCUT2D eigenvalue weighted by Gasteiger charge is 2.32. The zero-order valence-electron chi connectivity index (χ0n) is 13.0. The summed E-state index contributed by atoms with van der Waals surface area (Å²) in [5, 5.41) is 0. The van der Waals surface area contributed by atoms with Crippen LogP contribution in [0.5, 0.6) is 0 Å². The standard InChI is InChI=1S/C17H28N2O/c1-4-13(2)19(11-12-20-3)16-10-9-14-7-5-6-8-15(14)17(16)18/h5-8,13,16-17H,4,9-12,18H2,1-3H3. The van der Waals surface area contributed by atoms with Gasteiger partial charge in [0.15, 0.2) is 0 Å². The summed E-state index contributed by atoms with van der Waals surface area (Å²) in [6.07, 6.45) is 3.43. The quantitative estimate of drug-likeness (QED) is 0.868. The highest BCUT2D eigenvalue weighted by Crippen LogP contribution is 2.32. The first-order valence-electron chi connectivity index (χ1n) is 7.77. The van der Waals surface area contributed by atoms with Gasteiger partial charge in [-0.25, -0.2) is 0 Å². The third-order valence-electron chi connectivity index (χ3n) is 4.67. The predicted octanol–water partition coefficient (Wildman–Crippen LogP) is 2.75. The molecule has 1 aliphatic rings. The molecule has 0 saturated heterocycles. The van der Waals surface area contributed by atoms with Crippen LogP contribution in [0.1, 0.15) is 43.9 Å². The monoisotopic (exact) mass is 276 g/mol. The van der Waals surface area contributed by atoms with Crippen molar-refractivity contribution in [3.63, 3.8) is 0 Å². The molecule has 0 amide bonds. The van der Waals surface area contributed by atoms with Crippen LogP contribution in [0.3, 0.4) is 0 Å². The average molecular weight is 276 g/mol. The normalized spacial score (nSPS) is 23.6. The molecule has 3 nitrogen and oxygen atoms in total. The topological polar surface area (TPSA) is 38.5 Å². The van der Waals surface area contributed by atoms with Gasteiger partial charge in [0.2, 0.25) is 0 Å². The van der Waals surface area contributed by atoms with Crippen molar-refractivity contribution in [1.82, 2.24) is 4.90 Å². The Balaban J connectivity index is 2.18. The molecule has 0 radical (unpaired) electrons. The van der Waals surface area contributed by atoms with Gasteiger partial charge in [0.1, 0.15) is 0 Å². The molecule has 0 fully saturated rings. The van der Waals surface area contributed by atoms with Crippen LogP contribution in [0.25, 0.3) is 0 Å². The van der Waals surface area contributed by atoms with Gasteiger partial charge in [0, 0.05) is 31.8 Å². The molecule has 0 bridgehead atoms. The zero-order chi connectivity index (χ0) is 14.5. The van der Waals surface area contributed by atoms with Crippen LogP contribution < -0.4 is 5.73 Å². The summed E-state index contributed by atoms with van der Waals surface area (Å²) in [6.45, 7) is 6.27. The first-order chi connectivity index (χ1) is 9.69. The maximum atomic E-state index is 6.57. The van der Waals surface area contributed by atoms with E-state index < -0.39 is 0 Å². The number of rotatable bonds is 6. The first kappa shape index (κ1) is 15.5. The minimum absolute atomic E-state index is 0.116. The van der Waals surface area contributed by atoms with Crippen LogP contribution >= 0.6 is 0 Å². The minimum atomic E-state index is 0.116. The van der Waals surface area contributed by atoms with Gasteiger partial charge in [-0.2, -0.15) is 0 Å². The summed E-state index contributed by atoms with van der Waals surface area (Å²) in [6, 6.07) is 9.71. The number of methoxy groups -OCH3 is 1. The van der Waals surface area contributed by atoms with Gasteiger partial charge in [-0.3, -0.25) is 4.90 Å². The summed E-state index contributed by atoms with van der Waals surface area (Å²) in [7, 11) is 1.77. The summed E-state index contributed by atoms with van der Waals surface area (Å²) in [4.78, 5) is 2.55. The SMILES string of the molecule is CCC(C)N(CCOC)C1CCc2ccccc2C1N. The van der Waals surface area contributed by atoms with Crippen molar-refractivity contribution in [1.29, 1.82) is 0 Å². The molecule has 3 atom stereocenters. The van der Waals surface area contributed by atoms with Crippen LogP contribution in [-0.2, 0) is 11.2 Å². The highest BCUT2D eigenvalue weighted by molar-refractivity contribution is 5.33. The molecule has 1 aromatic carbocycles. The fourth-order valence-electron chi connectivity index (χ4n) is 3.29. The maximum absolute atomic E-state index is 6.57. The van der Waals surface area contributed by atoms with Crippen LogP contribution in [0.2, 0.25) is 0 Å². The van der Waals surface area contributed by atoms with E-state index in [0.29, 0.717) is 12.1 Å². The van der Waals surface area contributed by atoms with Crippen molar-refractivity contribution >= 4 is 0 Å². The second-order valence-electron chi connectivity index (χ2n) is 5.82. The second-order valence-corrected chi connectivity index (χ2v) is 5.82. The molecule has 0 aromatic heterocycles. The molecule has 0 aliphatic heterocycles. The summed E-state index contributed by atoms with van der Waals surface area (Å²) < 4.78 is 5.28. The molecule has 2 rings (SSSR count). The van der Waals surface area contributed by atoms with E-state index in [9.17, 15) is 0 Å². The molecule has 112 valence electrons. The fourth-order valence-corrected chi connectivity index (χ4v) is 3.29. The molecule has 3 heteroatoms. The summed E-state index contributed by atoms with van der Waals surface area (Å²) >= 11 is 0. The molecule has 2 N–H and O–H groups in total. The second kappa shape index (κ2) is 7.21. The molecule has 1 aromatic rings. The van der Waals surface area contributed by atoms with Gasteiger partial charge < -0.3 is 10.5 Å². The number of ether oxygens (including phenoxy) is 1. The van der Waals surface area contributed by atoms with Gasteiger partial charge in [-0.05, 0) is 37.3 Å². The molecule has 20 heavy (non-hydrogen) atoms. The van der Waals surface area contributed by atoms with Crippen molar-refractivity contribution in [2.45, 2.75) is 51.2 Å². The summed E-state index contributed by atoms with van der Waals surface area (Å²) in [5.41, 5.74) is 9.32. The minimum Gasteiger partial charge on any atom is -0.383 e. The van der Waals surface area contributed by atoms with E-state index in [1.165, 1.54) is 11.1 Å². The third kappa shape index (κ3) is 3.22. The lowest BCUT2D eigenvalue weighted by atomic mass is 9.83. The molecule has 0 heterocycles. The van der Waals surface area contributed by atoms with E-state index in [0.717, 1.165) is 32.4 Å². The van der Waals surface area contributed by atoms with Crippen LogP contribution in [0.4, 0.5) is 0 Å². The van der Waals surface area contributed by atoms with E-state index in [1.807, 2.05) is 0 Å². The lowest BCUT2D eigenvalue weighted by Crippen LogP contribution is -2.50. The first-order valence-corrected chi connectivity index (χ1v) is 7.77. The van der Waals surface area contributed by atoms with Gasteiger partial charge in [-0.15, -0.1) is 0 Å². The van der Waals surface area contributed by atoms with Gasteiger partial charge in [0.25, 0.3) is 0 Å². The van der Waals surface area contributed by atoms with Crippen molar-refractivity contribution in [3.8, 4) is 0 Å². The highest BCUT2D eigenvalue weighted by atomic mass is 16.5. The number of nitrogens with two attached hydrogens (primary N) is 1. The molecule has 0 saturated carbocycles.